The number of likely N-dealkylation sites (N-methyl/N-ethyl adjacent to an activating group) is 1. The minimum atomic E-state index is -1.07. The average molecular weight is 533 g/mol. The summed E-state index contributed by atoms with van der Waals surface area (Å²) in [5, 5.41) is 36.0. The molecule has 1 aromatic rings. The standard InChI is InChI=1S/C26H33FN4O7/c1-16(33)23(34)22-19(15-31(26(22)37)21(4-3-9-32)25(36)28-2)24(35)29-13-18-6-5-17(12-20(18)27)14-30-7-10-38-11-8-30/h5-6,9,12,21,29,33-35H,1,3-4,7-8,10-11,13-15H2,2H3,(H,28,36)/b23-22-,24-19-. The van der Waals surface area contributed by atoms with Crippen molar-refractivity contribution in [3.05, 3.63) is 70.3 Å². The number of aldehydes is 1. The zero-order valence-corrected chi connectivity index (χ0v) is 21.2. The Hall–Kier alpha value is -3.90. The molecule has 5 N–H and O–H groups in total. The van der Waals surface area contributed by atoms with Crippen LogP contribution < -0.4 is 10.6 Å². The summed E-state index contributed by atoms with van der Waals surface area (Å²) < 4.78 is 20.1. The summed E-state index contributed by atoms with van der Waals surface area (Å²) in [6, 6.07) is 3.72. The maximum atomic E-state index is 14.8. The van der Waals surface area contributed by atoms with Crippen molar-refractivity contribution in [2.45, 2.75) is 32.0 Å². The third kappa shape index (κ3) is 6.69. The van der Waals surface area contributed by atoms with E-state index in [-0.39, 0.29) is 37.1 Å². The number of nitrogens with zero attached hydrogens (tertiary/aromatic N) is 2. The fraction of sp³-hybridized carbons (Fsp3) is 0.423. The molecule has 1 atom stereocenters. The highest BCUT2D eigenvalue weighted by molar-refractivity contribution is 6.04. The van der Waals surface area contributed by atoms with Gasteiger partial charge in [0.05, 0.1) is 25.3 Å². The number of benzene rings is 1. The number of hydrogen-bond acceptors (Lipinski definition) is 9. The highest BCUT2D eigenvalue weighted by Gasteiger charge is 2.42. The molecule has 2 aliphatic heterocycles. The summed E-state index contributed by atoms with van der Waals surface area (Å²) in [4.78, 5) is 39.7. The largest absolute Gasteiger partial charge is 0.505 e. The summed E-state index contributed by atoms with van der Waals surface area (Å²) in [6.07, 6.45) is 0.604. The molecule has 206 valence electrons. The number of nitrogens with one attached hydrogen (secondary N) is 2. The van der Waals surface area contributed by atoms with Crippen molar-refractivity contribution in [3.63, 3.8) is 0 Å². The van der Waals surface area contributed by atoms with Gasteiger partial charge in [0.1, 0.15) is 18.1 Å². The van der Waals surface area contributed by atoms with Gasteiger partial charge in [0.2, 0.25) is 5.91 Å². The molecule has 3 rings (SSSR count). The molecule has 2 saturated heterocycles. The number of morpholine rings is 1. The van der Waals surface area contributed by atoms with Gasteiger partial charge in [0.25, 0.3) is 5.91 Å². The number of aliphatic hydroxyl groups is 3. The Bertz CT molecular complexity index is 1140. The first-order valence-corrected chi connectivity index (χ1v) is 12.2. The Labute approximate surface area is 219 Å². The quantitative estimate of drug-likeness (QED) is 0.162. The number of carbonyl (C=O) groups excluding carboxylic acids is 3. The summed E-state index contributed by atoms with van der Waals surface area (Å²) >= 11 is 0. The van der Waals surface area contributed by atoms with E-state index in [1.165, 1.54) is 13.1 Å². The molecule has 0 aromatic heterocycles. The molecule has 2 heterocycles. The lowest BCUT2D eigenvalue weighted by atomic mass is 10.1. The van der Waals surface area contributed by atoms with Crippen molar-refractivity contribution in [2.75, 3.05) is 39.9 Å². The van der Waals surface area contributed by atoms with Gasteiger partial charge in [-0.15, -0.1) is 0 Å². The third-order valence-corrected chi connectivity index (χ3v) is 6.46. The van der Waals surface area contributed by atoms with Gasteiger partial charge in [-0.3, -0.25) is 14.5 Å². The van der Waals surface area contributed by atoms with E-state index in [1.54, 1.807) is 12.1 Å². The van der Waals surface area contributed by atoms with Crippen LogP contribution in [0.5, 0.6) is 0 Å². The Morgan fingerprint density at radius 3 is 2.58 bits per heavy atom. The highest BCUT2D eigenvalue weighted by Crippen LogP contribution is 2.31. The molecule has 1 unspecified atom stereocenters. The minimum absolute atomic E-state index is 0.00646. The van der Waals surface area contributed by atoms with Crippen molar-refractivity contribution in [2.24, 2.45) is 0 Å². The lowest BCUT2D eigenvalue weighted by Gasteiger charge is -2.26. The molecule has 0 saturated carbocycles. The van der Waals surface area contributed by atoms with Gasteiger partial charge in [-0.05, 0) is 18.1 Å². The van der Waals surface area contributed by atoms with Gasteiger partial charge in [-0.2, -0.15) is 0 Å². The molecule has 12 heteroatoms. The van der Waals surface area contributed by atoms with Gasteiger partial charge in [0, 0.05) is 50.8 Å². The van der Waals surface area contributed by atoms with Crippen molar-refractivity contribution in [3.8, 4) is 0 Å². The van der Waals surface area contributed by atoms with Crippen LogP contribution in [0.3, 0.4) is 0 Å². The molecule has 0 radical (unpaired) electrons. The Morgan fingerprint density at radius 1 is 1.26 bits per heavy atom. The van der Waals surface area contributed by atoms with Crippen LogP contribution in [-0.2, 0) is 32.2 Å². The van der Waals surface area contributed by atoms with Crippen LogP contribution in [0.2, 0.25) is 0 Å². The second kappa shape index (κ2) is 13.1. The summed E-state index contributed by atoms with van der Waals surface area (Å²) in [5.41, 5.74) is 0.468. The van der Waals surface area contributed by atoms with E-state index in [2.05, 4.69) is 22.1 Å². The smallest absolute Gasteiger partial charge is 0.259 e. The molecule has 0 aliphatic carbocycles. The van der Waals surface area contributed by atoms with Crippen molar-refractivity contribution < 1.29 is 38.8 Å². The van der Waals surface area contributed by atoms with Gasteiger partial charge in [-0.1, -0.05) is 18.7 Å². The molecular weight excluding hydrogens is 499 g/mol. The van der Waals surface area contributed by atoms with E-state index in [4.69, 9.17) is 4.74 Å². The van der Waals surface area contributed by atoms with Crippen LogP contribution in [0.25, 0.3) is 0 Å². The van der Waals surface area contributed by atoms with Crippen molar-refractivity contribution >= 4 is 18.1 Å². The summed E-state index contributed by atoms with van der Waals surface area (Å²) in [5.74, 6) is -4.11. The number of hydrogen-bond donors (Lipinski definition) is 5. The first-order valence-electron chi connectivity index (χ1n) is 12.2. The zero-order valence-electron chi connectivity index (χ0n) is 21.2. The Morgan fingerprint density at radius 2 is 1.97 bits per heavy atom. The summed E-state index contributed by atoms with van der Waals surface area (Å²) in [7, 11) is 1.37. The van der Waals surface area contributed by atoms with E-state index < -0.39 is 46.6 Å². The van der Waals surface area contributed by atoms with E-state index in [1.807, 2.05) is 0 Å². The fourth-order valence-corrected chi connectivity index (χ4v) is 4.38. The number of halogens is 1. The number of aliphatic hydroxyl groups excluding tert-OH is 3. The van der Waals surface area contributed by atoms with Gasteiger partial charge < -0.3 is 40.4 Å². The van der Waals surface area contributed by atoms with Crippen molar-refractivity contribution in [1.29, 1.82) is 0 Å². The number of likely N-dealkylation sites (tertiary alicyclic amines) is 1. The lowest BCUT2D eigenvalue weighted by Crippen LogP contribution is -2.46. The second-order valence-electron chi connectivity index (χ2n) is 8.97. The van der Waals surface area contributed by atoms with Crippen LogP contribution >= 0.6 is 0 Å². The SMILES string of the molecule is C=C(O)/C(O)=C1/C(=O)N(C(CCC=O)C(=O)NC)C/C1=C(/O)NCc1ccc(CN2CCOCC2)cc1F. The van der Waals surface area contributed by atoms with Crippen LogP contribution in [0.15, 0.2) is 53.3 Å². The van der Waals surface area contributed by atoms with Crippen LogP contribution in [0.4, 0.5) is 4.39 Å². The van der Waals surface area contributed by atoms with E-state index in [0.717, 1.165) is 23.6 Å². The van der Waals surface area contributed by atoms with Crippen molar-refractivity contribution in [1.82, 2.24) is 20.4 Å². The number of rotatable bonds is 11. The van der Waals surface area contributed by atoms with Crippen LogP contribution in [0.1, 0.15) is 24.0 Å². The minimum Gasteiger partial charge on any atom is -0.505 e. The lowest BCUT2D eigenvalue weighted by molar-refractivity contribution is -0.136. The first kappa shape index (κ1) is 28.7. The predicted octanol–water partition coefficient (Wildman–Crippen LogP) is 1.34. The van der Waals surface area contributed by atoms with E-state index in [0.29, 0.717) is 26.0 Å². The maximum Gasteiger partial charge on any atom is 0.259 e. The van der Waals surface area contributed by atoms with Gasteiger partial charge >= 0.3 is 0 Å². The van der Waals surface area contributed by atoms with E-state index >= 15 is 0 Å². The molecule has 2 fully saturated rings. The first-order chi connectivity index (χ1) is 18.2. The molecule has 2 aliphatic rings. The molecule has 2 amide bonds. The van der Waals surface area contributed by atoms with Crippen LogP contribution in [0, 0.1) is 5.82 Å². The normalized spacial score (nSPS) is 19.6. The third-order valence-electron chi connectivity index (χ3n) is 6.46. The highest BCUT2D eigenvalue weighted by atomic mass is 19.1. The number of ether oxygens (including phenoxy) is 1. The van der Waals surface area contributed by atoms with Crippen LogP contribution in [-0.4, -0.2) is 89.2 Å². The molecule has 0 spiro atoms. The topological polar surface area (TPSA) is 152 Å². The zero-order chi connectivity index (χ0) is 27.8. The van der Waals surface area contributed by atoms with E-state index in [9.17, 15) is 34.1 Å². The average Bonchev–Trinajstić information content (AvgIpc) is 3.24. The molecule has 1 aromatic carbocycles. The fourth-order valence-electron chi connectivity index (χ4n) is 4.38. The maximum absolute atomic E-state index is 14.8. The molecule has 11 nitrogen and oxygen atoms in total. The summed E-state index contributed by atoms with van der Waals surface area (Å²) in [6.45, 7) is 6.13. The number of amides is 2. The second-order valence-corrected chi connectivity index (χ2v) is 8.97. The molecule has 0 bridgehead atoms. The monoisotopic (exact) mass is 532 g/mol. The molecular formula is C26H33FN4O7. The van der Waals surface area contributed by atoms with Gasteiger partial charge in [0.15, 0.2) is 17.4 Å². The molecule has 38 heavy (non-hydrogen) atoms. The Balaban J connectivity index is 1.82. The van der Waals surface area contributed by atoms with Gasteiger partial charge in [-0.25, -0.2) is 4.39 Å². The number of carbonyl (C=O) groups is 3. The predicted molar refractivity (Wildman–Crippen MR) is 135 cm³/mol. The Kier molecular flexibility index (Phi) is 9.85.